The van der Waals surface area contributed by atoms with E-state index < -0.39 is 11.5 Å². The molecule has 0 aliphatic carbocycles. The Bertz CT molecular complexity index is 1190. The molecule has 0 saturated carbocycles. The summed E-state index contributed by atoms with van der Waals surface area (Å²) < 4.78 is 13.6. The SMILES string of the molecule is CN1CC(c2ccc(F)cc2)C(C(=O)c2ccccn2)C12C(=O)Nc1ccc(Cl)cc12. The van der Waals surface area contributed by atoms with Crippen molar-refractivity contribution in [2.45, 2.75) is 11.5 Å². The van der Waals surface area contributed by atoms with Gasteiger partial charge in [-0.15, -0.1) is 0 Å². The van der Waals surface area contributed by atoms with Crippen molar-refractivity contribution in [3.63, 3.8) is 0 Å². The highest BCUT2D eigenvalue weighted by Gasteiger charge is 2.64. The van der Waals surface area contributed by atoms with E-state index in [2.05, 4.69) is 10.3 Å². The Morgan fingerprint density at radius 3 is 2.68 bits per heavy atom. The first-order valence-corrected chi connectivity index (χ1v) is 10.3. The second-order valence-electron chi connectivity index (χ2n) is 8.01. The first kappa shape index (κ1) is 19.8. The minimum atomic E-state index is -1.24. The number of aromatic nitrogens is 1. The summed E-state index contributed by atoms with van der Waals surface area (Å²) in [7, 11) is 1.83. The van der Waals surface area contributed by atoms with Gasteiger partial charge in [-0.2, -0.15) is 0 Å². The molecular weight excluding hydrogens is 417 g/mol. The lowest BCUT2D eigenvalue weighted by Crippen LogP contribution is -2.51. The van der Waals surface area contributed by atoms with E-state index in [1.165, 1.54) is 12.1 Å². The number of amides is 1. The molecule has 156 valence electrons. The predicted molar refractivity (Wildman–Crippen MR) is 116 cm³/mol. The maximum absolute atomic E-state index is 13.9. The summed E-state index contributed by atoms with van der Waals surface area (Å²) in [6, 6.07) is 16.5. The zero-order valence-electron chi connectivity index (χ0n) is 16.7. The second kappa shape index (κ2) is 7.25. The van der Waals surface area contributed by atoms with Gasteiger partial charge in [0.2, 0.25) is 5.91 Å². The van der Waals surface area contributed by atoms with Gasteiger partial charge in [0.15, 0.2) is 5.78 Å². The van der Waals surface area contributed by atoms with Gasteiger partial charge in [-0.1, -0.05) is 29.8 Å². The molecule has 1 amide bonds. The maximum atomic E-state index is 13.9. The lowest BCUT2D eigenvalue weighted by Gasteiger charge is -2.35. The number of likely N-dealkylation sites (tertiary alicyclic amines) is 1. The van der Waals surface area contributed by atoms with Crippen LogP contribution in [0.3, 0.4) is 0 Å². The average Bonchev–Trinajstić information content (AvgIpc) is 3.24. The molecule has 1 saturated heterocycles. The molecule has 3 aromatic rings. The molecule has 0 bridgehead atoms. The number of hydrogen-bond donors (Lipinski definition) is 1. The van der Waals surface area contributed by atoms with Crippen LogP contribution in [0.25, 0.3) is 0 Å². The van der Waals surface area contributed by atoms with Gasteiger partial charge in [-0.05, 0) is 55.1 Å². The van der Waals surface area contributed by atoms with Crippen molar-refractivity contribution < 1.29 is 14.0 Å². The van der Waals surface area contributed by atoms with Crippen molar-refractivity contribution in [2.75, 3.05) is 18.9 Å². The minimum absolute atomic E-state index is 0.234. The fourth-order valence-electron chi connectivity index (χ4n) is 5.09. The van der Waals surface area contributed by atoms with Crippen LogP contribution in [0.2, 0.25) is 5.02 Å². The van der Waals surface area contributed by atoms with Gasteiger partial charge in [-0.3, -0.25) is 19.5 Å². The van der Waals surface area contributed by atoms with Gasteiger partial charge < -0.3 is 5.32 Å². The third kappa shape index (κ3) is 2.90. The number of pyridine rings is 1. The van der Waals surface area contributed by atoms with E-state index in [-0.39, 0.29) is 29.1 Å². The summed E-state index contributed by atoms with van der Waals surface area (Å²) in [5, 5.41) is 3.42. The molecule has 31 heavy (non-hydrogen) atoms. The summed E-state index contributed by atoms with van der Waals surface area (Å²) >= 11 is 6.30. The van der Waals surface area contributed by atoms with Gasteiger partial charge >= 0.3 is 0 Å². The first-order chi connectivity index (χ1) is 14.9. The van der Waals surface area contributed by atoms with E-state index in [1.54, 1.807) is 54.7 Å². The standard InChI is InChI=1S/C24H19ClFN3O2/c1-29-13-17(14-5-8-16(26)9-6-14)21(22(30)20-4-2-3-11-27-20)24(29)18-12-15(25)7-10-19(18)28-23(24)31/h2-12,17,21H,13H2,1H3,(H,28,31). The third-order valence-electron chi connectivity index (χ3n) is 6.41. The van der Waals surface area contributed by atoms with Crippen LogP contribution < -0.4 is 5.32 Å². The molecule has 5 rings (SSSR count). The van der Waals surface area contributed by atoms with E-state index >= 15 is 0 Å². The number of Topliss-reactive ketones (excluding diaryl/α,β-unsaturated/α-hetero) is 1. The Kier molecular flexibility index (Phi) is 4.64. The topological polar surface area (TPSA) is 62.3 Å². The monoisotopic (exact) mass is 435 g/mol. The number of nitrogens with one attached hydrogen (secondary N) is 1. The first-order valence-electron chi connectivity index (χ1n) is 9.96. The summed E-state index contributed by atoms with van der Waals surface area (Å²) in [5.41, 5.74) is 1.15. The lowest BCUT2D eigenvalue weighted by molar-refractivity contribution is -0.126. The number of carbonyl (C=O) groups excluding carboxylic acids is 2. The van der Waals surface area contributed by atoms with Gasteiger partial charge in [0.1, 0.15) is 17.1 Å². The number of rotatable bonds is 3. The maximum Gasteiger partial charge on any atom is 0.250 e. The fourth-order valence-corrected chi connectivity index (χ4v) is 5.26. The molecule has 1 spiro atoms. The van der Waals surface area contributed by atoms with Gasteiger partial charge in [0.05, 0.1) is 5.92 Å². The van der Waals surface area contributed by atoms with E-state index in [0.717, 1.165) is 5.56 Å². The Hall–Kier alpha value is -3.09. The van der Waals surface area contributed by atoms with Crippen LogP contribution >= 0.6 is 11.6 Å². The highest BCUT2D eigenvalue weighted by molar-refractivity contribution is 6.31. The zero-order valence-corrected chi connectivity index (χ0v) is 17.4. The molecule has 1 aromatic heterocycles. The van der Waals surface area contributed by atoms with Crippen LogP contribution in [0.4, 0.5) is 10.1 Å². The third-order valence-corrected chi connectivity index (χ3v) is 6.64. The largest absolute Gasteiger partial charge is 0.324 e. The molecule has 1 N–H and O–H groups in total. The van der Waals surface area contributed by atoms with Crippen molar-refractivity contribution in [2.24, 2.45) is 5.92 Å². The van der Waals surface area contributed by atoms with Gasteiger partial charge in [0, 0.05) is 34.9 Å². The quantitative estimate of drug-likeness (QED) is 0.625. The van der Waals surface area contributed by atoms with Crippen molar-refractivity contribution >= 4 is 29.0 Å². The highest BCUT2D eigenvalue weighted by Crippen LogP contribution is 2.55. The molecule has 2 aliphatic rings. The van der Waals surface area contributed by atoms with E-state index in [1.807, 2.05) is 11.9 Å². The van der Waals surface area contributed by atoms with E-state index in [0.29, 0.717) is 22.8 Å². The number of likely N-dealkylation sites (N-methyl/N-ethyl adjacent to an activating group) is 1. The molecular formula is C24H19ClFN3O2. The van der Waals surface area contributed by atoms with Crippen LogP contribution in [0.1, 0.15) is 27.5 Å². The fraction of sp³-hybridized carbons (Fsp3) is 0.208. The molecule has 2 aliphatic heterocycles. The normalized spacial score (nSPS) is 24.9. The summed E-state index contributed by atoms with van der Waals surface area (Å²) in [4.78, 5) is 33.6. The van der Waals surface area contributed by atoms with Gasteiger partial charge in [0.25, 0.3) is 0 Å². The van der Waals surface area contributed by atoms with Crippen LogP contribution in [-0.4, -0.2) is 35.2 Å². The van der Waals surface area contributed by atoms with Crippen LogP contribution in [0.15, 0.2) is 66.9 Å². The molecule has 3 unspecified atom stereocenters. The molecule has 3 atom stereocenters. The van der Waals surface area contributed by atoms with Crippen LogP contribution in [0, 0.1) is 11.7 Å². The summed E-state index contributed by atoms with van der Waals surface area (Å²) in [6.45, 7) is 0.439. The number of anilines is 1. The Morgan fingerprint density at radius 1 is 1.19 bits per heavy atom. The highest BCUT2D eigenvalue weighted by atomic mass is 35.5. The van der Waals surface area contributed by atoms with Gasteiger partial charge in [-0.25, -0.2) is 4.39 Å². The number of hydrogen-bond acceptors (Lipinski definition) is 4. The van der Waals surface area contributed by atoms with Crippen LogP contribution in [-0.2, 0) is 10.3 Å². The number of nitrogens with zero attached hydrogens (tertiary/aromatic N) is 2. The minimum Gasteiger partial charge on any atom is -0.324 e. The Labute approximate surface area is 183 Å². The van der Waals surface area contributed by atoms with Crippen molar-refractivity contribution in [3.8, 4) is 0 Å². The smallest absolute Gasteiger partial charge is 0.250 e. The zero-order chi connectivity index (χ0) is 21.8. The Morgan fingerprint density at radius 2 is 1.97 bits per heavy atom. The number of halogens is 2. The van der Waals surface area contributed by atoms with Crippen molar-refractivity contribution in [1.82, 2.24) is 9.88 Å². The van der Waals surface area contributed by atoms with Crippen molar-refractivity contribution in [1.29, 1.82) is 0 Å². The number of benzene rings is 2. The van der Waals surface area contributed by atoms with E-state index in [4.69, 9.17) is 11.6 Å². The Balaban J connectivity index is 1.74. The molecule has 0 radical (unpaired) electrons. The molecule has 5 nitrogen and oxygen atoms in total. The lowest BCUT2D eigenvalue weighted by atomic mass is 9.71. The number of ketones is 1. The number of carbonyl (C=O) groups is 2. The van der Waals surface area contributed by atoms with Crippen LogP contribution in [0.5, 0.6) is 0 Å². The second-order valence-corrected chi connectivity index (χ2v) is 8.44. The summed E-state index contributed by atoms with van der Waals surface area (Å²) in [6.07, 6.45) is 1.56. The average molecular weight is 436 g/mol. The molecule has 7 heteroatoms. The summed E-state index contributed by atoms with van der Waals surface area (Å²) in [5.74, 6) is -1.96. The van der Waals surface area contributed by atoms with Crippen molar-refractivity contribution in [3.05, 3.63) is 94.5 Å². The molecule has 3 heterocycles. The molecule has 2 aromatic carbocycles. The predicted octanol–water partition coefficient (Wildman–Crippen LogP) is 4.25. The number of fused-ring (bicyclic) bond motifs is 2. The molecule has 1 fully saturated rings. The van der Waals surface area contributed by atoms with E-state index in [9.17, 15) is 14.0 Å².